The average Bonchev–Trinajstić information content (AvgIpc) is 3.47. The van der Waals surface area contributed by atoms with Crippen molar-refractivity contribution in [2.24, 2.45) is 0 Å². The number of ether oxygens (including phenoxy) is 1. The molecule has 0 unspecified atom stereocenters. The molecule has 10 nitrogen and oxygen atoms in total. The first kappa shape index (κ1) is 27.7. The van der Waals surface area contributed by atoms with Crippen molar-refractivity contribution in [3.05, 3.63) is 70.6 Å². The molecule has 218 valence electrons. The number of hydrogen-bond acceptors (Lipinski definition) is 9. The lowest BCUT2D eigenvalue weighted by Crippen LogP contribution is -2.44. The van der Waals surface area contributed by atoms with Crippen molar-refractivity contribution < 1.29 is 14.1 Å². The molecule has 1 amide bonds. The first-order valence-corrected chi connectivity index (χ1v) is 14.6. The maximum absolute atomic E-state index is 13.4. The highest BCUT2D eigenvalue weighted by atomic mass is 16.5. The molecule has 42 heavy (non-hydrogen) atoms. The Hall–Kier alpha value is -4.44. The Kier molecular flexibility index (Phi) is 7.80. The van der Waals surface area contributed by atoms with Gasteiger partial charge in [-0.05, 0) is 61.6 Å². The minimum Gasteiger partial charge on any atom is -0.494 e. The lowest BCUT2D eigenvalue weighted by Gasteiger charge is -2.34. The van der Waals surface area contributed by atoms with E-state index in [-0.39, 0.29) is 11.7 Å². The summed E-state index contributed by atoms with van der Waals surface area (Å²) in [5, 5.41) is 10.7. The van der Waals surface area contributed by atoms with Crippen LogP contribution in [0.1, 0.15) is 46.7 Å². The van der Waals surface area contributed by atoms with Crippen LogP contribution in [0.2, 0.25) is 0 Å². The van der Waals surface area contributed by atoms with Gasteiger partial charge < -0.3 is 29.7 Å². The fourth-order valence-electron chi connectivity index (χ4n) is 5.76. The predicted octanol–water partition coefficient (Wildman–Crippen LogP) is 5.11. The molecule has 4 aromatic rings. The lowest BCUT2D eigenvalue weighted by molar-refractivity contribution is 0.0986. The number of amides is 1. The number of hydrogen-bond donors (Lipinski definition) is 2. The number of likely N-dealkylation sites (N-methyl/N-ethyl adjacent to an activating group) is 1. The number of para-hydroxylation sites is 1. The number of fused-ring (bicyclic) bond motifs is 3. The summed E-state index contributed by atoms with van der Waals surface area (Å²) < 4.78 is 11.4. The van der Waals surface area contributed by atoms with Crippen LogP contribution in [0.3, 0.4) is 0 Å². The summed E-state index contributed by atoms with van der Waals surface area (Å²) in [5.41, 5.74) is 7.94. The quantitative estimate of drug-likeness (QED) is 0.300. The normalized spacial score (nSPS) is 14.7. The molecule has 0 bridgehead atoms. The zero-order valence-corrected chi connectivity index (χ0v) is 24.7. The van der Waals surface area contributed by atoms with Gasteiger partial charge in [0.15, 0.2) is 0 Å². The molecule has 6 rings (SSSR count). The molecule has 1 aliphatic heterocycles. The zero-order valence-electron chi connectivity index (χ0n) is 24.7. The van der Waals surface area contributed by atoms with Gasteiger partial charge in [0.2, 0.25) is 11.7 Å². The summed E-state index contributed by atoms with van der Waals surface area (Å²) >= 11 is 0. The molecular formula is C32H37N7O3. The molecule has 0 saturated carbocycles. The Morgan fingerprint density at radius 3 is 2.50 bits per heavy atom. The van der Waals surface area contributed by atoms with E-state index in [1.165, 1.54) is 0 Å². The second-order valence-electron chi connectivity index (χ2n) is 10.8. The van der Waals surface area contributed by atoms with Crippen LogP contribution in [0.25, 0.3) is 11.4 Å². The van der Waals surface area contributed by atoms with Crippen LogP contribution in [0.5, 0.6) is 5.75 Å². The molecule has 1 aliphatic carbocycles. The van der Waals surface area contributed by atoms with E-state index in [0.717, 1.165) is 78.3 Å². The third-order valence-electron chi connectivity index (χ3n) is 8.26. The van der Waals surface area contributed by atoms with E-state index in [9.17, 15) is 4.79 Å². The van der Waals surface area contributed by atoms with Crippen LogP contribution in [-0.4, -0.2) is 66.3 Å². The van der Waals surface area contributed by atoms with Crippen molar-refractivity contribution in [1.82, 2.24) is 20.0 Å². The van der Waals surface area contributed by atoms with Gasteiger partial charge >= 0.3 is 0 Å². The van der Waals surface area contributed by atoms with Gasteiger partial charge in [-0.25, -0.2) is 9.97 Å². The summed E-state index contributed by atoms with van der Waals surface area (Å²) in [4.78, 5) is 27.5. The minimum atomic E-state index is -0.291. The summed E-state index contributed by atoms with van der Waals surface area (Å²) in [6, 6.07) is 12.3. The van der Waals surface area contributed by atoms with Gasteiger partial charge in [-0.1, -0.05) is 37.2 Å². The number of nitrogens with zero attached hydrogens (tertiary/aromatic N) is 5. The van der Waals surface area contributed by atoms with Crippen LogP contribution in [0, 0.1) is 0 Å². The number of benzene rings is 2. The maximum Gasteiger partial charge on any atom is 0.294 e. The third kappa shape index (κ3) is 5.30. The Morgan fingerprint density at radius 1 is 1.02 bits per heavy atom. The second kappa shape index (κ2) is 11.8. The highest BCUT2D eigenvalue weighted by molar-refractivity contribution is 6.05. The van der Waals surface area contributed by atoms with Crippen molar-refractivity contribution >= 4 is 28.9 Å². The van der Waals surface area contributed by atoms with Gasteiger partial charge in [0.1, 0.15) is 17.1 Å². The molecule has 1 saturated heterocycles. The number of carbonyl (C=O) groups is 1. The SMILES string of the molecule is CCc1cccc(CC)c1NC(=O)c1onc2c1CCc1cnc(Nc3ccc(N4CCN(C)CC4)cc3OC)nc1-2. The van der Waals surface area contributed by atoms with Crippen LogP contribution in [0.15, 0.2) is 47.1 Å². The van der Waals surface area contributed by atoms with Gasteiger partial charge in [-0.2, -0.15) is 0 Å². The van der Waals surface area contributed by atoms with Crippen molar-refractivity contribution in [1.29, 1.82) is 0 Å². The summed E-state index contributed by atoms with van der Waals surface area (Å²) in [5.74, 6) is 1.08. The molecule has 10 heteroatoms. The first-order chi connectivity index (χ1) is 20.5. The van der Waals surface area contributed by atoms with Crippen molar-refractivity contribution in [2.45, 2.75) is 39.5 Å². The Balaban J connectivity index is 1.24. The number of aromatic nitrogens is 3. The topological polar surface area (TPSA) is 109 Å². The number of aryl methyl sites for hydroxylation is 3. The molecule has 2 aliphatic rings. The smallest absolute Gasteiger partial charge is 0.294 e. The van der Waals surface area contributed by atoms with Crippen molar-refractivity contribution in [3.63, 3.8) is 0 Å². The van der Waals surface area contributed by atoms with E-state index >= 15 is 0 Å². The number of methoxy groups -OCH3 is 1. The summed E-state index contributed by atoms with van der Waals surface area (Å²) in [6.07, 6.45) is 4.78. The summed E-state index contributed by atoms with van der Waals surface area (Å²) in [6.45, 7) is 8.19. The minimum absolute atomic E-state index is 0.234. The van der Waals surface area contributed by atoms with Gasteiger partial charge in [-0.15, -0.1) is 0 Å². The van der Waals surface area contributed by atoms with E-state index in [4.69, 9.17) is 14.2 Å². The second-order valence-corrected chi connectivity index (χ2v) is 10.8. The number of rotatable bonds is 8. The predicted molar refractivity (Wildman–Crippen MR) is 164 cm³/mol. The Morgan fingerprint density at radius 2 is 1.79 bits per heavy atom. The van der Waals surface area contributed by atoms with Gasteiger partial charge in [0.05, 0.1) is 12.8 Å². The molecule has 2 aromatic carbocycles. The fourth-order valence-corrected chi connectivity index (χ4v) is 5.76. The Labute approximate surface area is 246 Å². The molecule has 0 radical (unpaired) electrons. The molecule has 2 N–H and O–H groups in total. The molecule has 3 heterocycles. The van der Waals surface area contributed by atoms with E-state index in [1.807, 2.05) is 36.5 Å². The molecule has 0 atom stereocenters. The fraction of sp³-hybridized carbons (Fsp3) is 0.375. The van der Waals surface area contributed by atoms with Crippen molar-refractivity contribution in [2.75, 3.05) is 55.9 Å². The molecule has 0 spiro atoms. The van der Waals surface area contributed by atoms with Crippen LogP contribution >= 0.6 is 0 Å². The van der Waals surface area contributed by atoms with E-state index < -0.39 is 0 Å². The van der Waals surface area contributed by atoms with Crippen LogP contribution in [-0.2, 0) is 25.7 Å². The highest BCUT2D eigenvalue weighted by Gasteiger charge is 2.30. The van der Waals surface area contributed by atoms with E-state index in [1.54, 1.807) is 7.11 Å². The van der Waals surface area contributed by atoms with Gasteiger partial charge in [0, 0.05) is 55.4 Å². The van der Waals surface area contributed by atoms with Crippen LogP contribution < -0.4 is 20.3 Å². The number of carbonyl (C=O) groups excluding carboxylic acids is 1. The summed E-state index contributed by atoms with van der Waals surface area (Å²) in [7, 11) is 3.81. The number of piperazine rings is 1. The largest absolute Gasteiger partial charge is 0.494 e. The monoisotopic (exact) mass is 567 g/mol. The number of nitrogens with one attached hydrogen (secondary N) is 2. The van der Waals surface area contributed by atoms with Crippen LogP contribution in [0.4, 0.5) is 23.0 Å². The van der Waals surface area contributed by atoms with E-state index in [2.05, 4.69) is 57.5 Å². The van der Waals surface area contributed by atoms with E-state index in [0.29, 0.717) is 35.9 Å². The third-order valence-corrected chi connectivity index (χ3v) is 8.26. The van der Waals surface area contributed by atoms with Gasteiger partial charge in [0.25, 0.3) is 5.91 Å². The average molecular weight is 568 g/mol. The molecular weight excluding hydrogens is 530 g/mol. The highest BCUT2D eigenvalue weighted by Crippen LogP contribution is 2.36. The van der Waals surface area contributed by atoms with Gasteiger partial charge in [-0.3, -0.25) is 4.79 Å². The maximum atomic E-state index is 13.4. The number of anilines is 4. The van der Waals surface area contributed by atoms with Crippen molar-refractivity contribution in [3.8, 4) is 17.1 Å². The Bertz CT molecular complexity index is 1590. The molecule has 1 fully saturated rings. The first-order valence-electron chi connectivity index (χ1n) is 14.6. The zero-order chi connectivity index (χ0) is 29.2. The standard InChI is InChI=1S/C32H37N7O3/c1-5-20-8-7-9-21(6-2)27(20)35-31(40)30-24-12-10-22-19-33-32(36-28(22)29(24)37-42-30)34-25-13-11-23(18-26(25)41-4)39-16-14-38(3)15-17-39/h7-9,11,13,18-19H,5-6,10,12,14-17H2,1-4H3,(H,35,40)(H,33,34,36). The lowest BCUT2D eigenvalue weighted by atomic mass is 9.93. The molecule has 2 aromatic heterocycles.